The van der Waals surface area contributed by atoms with Crippen LogP contribution >= 0.6 is 0 Å². The number of hydrogen-bond donors (Lipinski definition) is 2. The fraction of sp³-hybridized carbons (Fsp3) is 0.846. The van der Waals surface area contributed by atoms with Gasteiger partial charge in [-0.05, 0) is 38.1 Å². The highest BCUT2D eigenvalue weighted by atomic mass is 16.2. The summed E-state index contributed by atoms with van der Waals surface area (Å²) in [5.74, 6) is 0.834. The molecule has 2 aliphatic heterocycles. The molecule has 0 aromatic heterocycles. The molecule has 0 bridgehead atoms. The Balaban J connectivity index is 1.86. The van der Waals surface area contributed by atoms with Gasteiger partial charge >= 0.3 is 0 Å². The lowest BCUT2D eigenvalue weighted by molar-refractivity contribution is -0.139. The molecule has 0 saturated carbocycles. The molecule has 5 heteroatoms. The van der Waals surface area contributed by atoms with E-state index >= 15 is 0 Å². The number of nitrogens with two attached hydrogens (primary N) is 1. The van der Waals surface area contributed by atoms with E-state index < -0.39 is 0 Å². The van der Waals surface area contributed by atoms with E-state index in [0.717, 1.165) is 25.9 Å². The highest BCUT2D eigenvalue weighted by molar-refractivity contribution is 5.83. The summed E-state index contributed by atoms with van der Waals surface area (Å²) in [6, 6.07) is 0. The van der Waals surface area contributed by atoms with E-state index in [2.05, 4.69) is 5.32 Å². The predicted molar refractivity (Wildman–Crippen MR) is 68.7 cm³/mol. The second-order valence-corrected chi connectivity index (χ2v) is 5.41. The zero-order chi connectivity index (χ0) is 13.0. The molecular formula is C13H23N3O2. The molecule has 18 heavy (non-hydrogen) atoms. The predicted octanol–water partition coefficient (Wildman–Crippen LogP) is 0.100. The first-order valence-corrected chi connectivity index (χ1v) is 6.96. The molecule has 2 rings (SSSR count). The number of hydrogen-bond acceptors (Lipinski definition) is 3. The van der Waals surface area contributed by atoms with E-state index in [1.54, 1.807) is 0 Å². The van der Waals surface area contributed by atoms with Gasteiger partial charge in [-0.15, -0.1) is 0 Å². The minimum absolute atomic E-state index is 0.0145. The molecule has 3 N–H and O–H groups in total. The molecule has 2 aliphatic rings. The summed E-state index contributed by atoms with van der Waals surface area (Å²) in [7, 11) is 0. The summed E-state index contributed by atoms with van der Waals surface area (Å²) >= 11 is 0. The average molecular weight is 253 g/mol. The van der Waals surface area contributed by atoms with Gasteiger partial charge in [0.2, 0.25) is 11.8 Å². The Morgan fingerprint density at radius 3 is 2.94 bits per heavy atom. The van der Waals surface area contributed by atoms with Crippen LogP contribution in [-0.4, -0.2) is 42.9 Å². The standard InChI is InChI=1S/C13H23N3O2/c14-6-5-10-2-1-7-16(9-10)13(18)11-3-4-12(17)15-8-11/h10-11H,1-9,14H2,(H,15,17). The molecule has 2 fully saturated rings. The van der Waals surface area contributed by atoms with E-state index in [0.29, 0.717) is 31.8 Å². The fourth-order valence-electron chi connectivity index (χ4n) is 2.94. The van der Waals surface area contributed by atoms with E-state index in [4.69, 9.17) is 5.73 Å². The van der Waals surface area contributed by atoms with Crippen molar-refractivity contribution >= 4 is 11.8 Å². The topological polar surface area (TPSA) is 75.4 Å². The fourth-order valence-corrected chi connectivity index (χ4v) is 2.94. The van der Waals surface area contributed by atoms with Crippen LogP contribution in [0.5, 0.6) is 0 Å². The first-order valence-electron chi connectivity index (χ1n) is 6.96. The second-order valence-electron chi connectivity index (χ2n) is 5.41. The van der Waals surface area contributed by atoms with E-state index in [1.165, 1.54) is 6.42 Å². The number of nitrogens with zero attached hydrogens (tertiary/aromatic N) is 1. The summed E-state index contributed by atoms with van der Waals surface area (Å²) in [6.07, 6.45) is 4.45. The molecule has 2 amide bonds. The van der Waals surface area contributed by atoms with Gasteiger partial charge in [0.25, 0.3) is 0 Å². The first-order chi connectivity index (χ1) is 8.70. The molecule has 0 aliphatic carbocycles. The Hall–Kier alpha value is -1.10. The molecule has 2 atom stereocenters. The normalized spacial score (nSPS) is 28.9. The Morgan fingerprint density at radius 2 is 2.28 bits per heavy atom. The van der Waals surface area contributed by atoms with Crippen molar-refractivity contribution in [3.8, 4) is 0 Å². The Morgan fingerprint density at radius 1 is 1.44 bits per heavy atom. The van der Waals surface area contributed by atoms with Crippen LogP contribution in [0.1, 0.15) is 32.1 Å². The van der Waals surface area contributed by atoms with Gasteiger partial charge in [0, 0.05) is 26.1 Å². The molecule has 0 aromatic rings. The number of amides is 2. The third kappa shape index (κ3) is 3.22. The van der Waals surface area contributed by atoms with Crippen LogP contribution < -0.4 is 11.1 Å². The lowest BCUT2D eigenvalue weighted by Crippen LogP contribution is -2.48. The molecule has 0 aromatic carbocycles. The Kier molecular flexibility index (Phi) is 4.58. The van der Waals surface area contributed by atoms with Crippen molar-refractivity contribution in [2.75, 3.05) is 26.2 Å². The summed E-state index contributed by atoms with van der Waals surface area (Å²) in [5, 5.41) is 2.78. The van der Waals surface area contributed by atoms with Crippen LogP contribution in [0.4, 0.5) is 0 Å². The summed E-state index contributed by atoms with van der Waals surface area (Å²) in [4.78, 5) is 25.4. The zero-order valence-electron chi connectivity index (χ0n) is 10.9. The summed E-state index contributed by atoms with van der Waals surface area (Å²) in [5.41, 5.74) is 5.59. The van der Waals surface area contributed by atoms with Gasteiger partial charge in [0.05, 0.1) is 5.92 Å². The third-order valence-corrected chi connectivity index (χ3v) is 4.02. The van der Waals surface area contributed by atoms with Crippen molar-refractivity contribution in [1.29, 1.82) is 0 Å². The number of likely N-dealkylation sites (tertiary alicyclic amines) is 1. The lowest BCUT2D eigenvalue weighted by atomic mass is 9.92. The average Bonchev–Trinajstić information content (AvgIpc) is 2.39. The van der Waals surface area contributed by atoms with Gasteiger partial charge in [-0.2, -0.15) is 0 Å². The molecule has 102 valence electrons. The summed E-state index contributed by atoms with van der Waals surface area (Å²) < 4.78 is 0. The maximum absolute atomic E-state index is 12.4. The third-order valence-electron chi connectivity index (χ3n) is 4.02. The highest BCUT2D eigenvalue weighted by Crippen LogP contribution is 2.22. The minimum Gasteiger partial charge on any atom is -0.355 e. The second kappa shape index (κ2) is 6.18. The van der Waals surface area contributed by atoms with Gasteiger partial charge in [-0.1, -0.05) is 0 Å². The van der Waals surface area contributed by atoms with E-state index in [9.17, 15) is 9.59 Å². The van der Waals surface area contributed by atoms with Crippen LogP contribution in [0.15, 0.2) is 0 Å². The number of carbonyl (C=O) groups is 2. The molecule has 2 unspecified atom stereocenters. The van der Waals surface area contributed by atoms with E-state index in [1.807, 2.05) is 4.90 Å². The van der Waals surface area contributed by atoms with Crippen LogP contribution in [0.2, 0.25) is 0 Å². The maximum Gasteiger partial charge on any atom is 0.227 e. The van der Waals surface area contributed by atoms with Gasteiger partial charge in [-0.3, -0.25) is 9.59 Å². The number of rotatable bonds is 3. The first kappa shape index (κ1) is 13.3. The Bertz CT molecular complexity index is 307. The summed E-state index contributed by atoms with van der Waals surface area (Å²) in [6.45, 7) is 2.92. The van der Waals surface area contributed by atoms with Crippen molar-refractivity contribution in [2.24, 2.45) is 17.6 Å². The molecule has 0 spiro atoms. The van der Waals surface area contributed by atoms with Gasteiger partial charge in [0.15, 0.2) is 0 Å². The van der Waals surface area contributed by atoms with Crippen LogP contribution in [0, 0.1) is 11.8 Å². The molecule has 0 radical (unpaired) electrons. The van der Waals surface area contributed by atoms with Crippen molar-refractivity contribution in [3.05, 3.63) is 0 Å². The van der Waals surface area contributed by atoms with Crippen molar-refractivity contribution < 1.29 is 9.59 Å². The van der Waals surface area contributed by atoms with E-state index in [-0.39, 0.29) is 17.7 Å². The minimum atomic E-state index is -0.0145. The van der Waals surface area contributed by atoms with Crippen molar-refractivity contribution in [1.82, 2.24) is 10.2 Å². The highest BCUT2D eigenvalue weighted by Gasteiger charge is 2.30. The zero-order valence-corrected chi connectivity index (χ0v) is 10.9. The van der Waals surface area contributed by atoms with Gasteiger partial charge < -0.3 is 16.0 Å². The van der Waals surface area contributed by atoms with Gasteiger partial charge in [0.1, 0.15) is 0 Å². The number of nitrogens with one attached hydrogen (secondary N) is 1. The van der Waals surface area contributed by atoms with Crippen molar-refractivity contribution in [3.63, 3.8) is 0 Å². The maximum atomic E-state index is 12.4. The van der Waals surface area contributed by atoms with Crippen molar-refractivity contribution in [2.45, 2.75) is 32.1 Å². The lowest BCUT2D eigenvalue weighted by Gasteiger charge is -2.35. The van der Waals surface area contributed by atoms with Crippen LogP contribution in [0.25, 0.3) is 0 Å². The molecule has 2 saturated heterocycles. The number of piperidine rings is 2. The van der Waals surface area contributed by atoms with Gasteiger partial charge in [-0.25, -0.2) is 0 Å². The van der Waals surface area contributed by atoms with Crippen LogP contribution in [-0.2, 0) is 9.59 Å². The largest absolute Gasteiger partial charge is 0.355 e. The van der Waals surface area contributed by atoms with Crippen LogP contribution in [0.3, 0.4) is 0 Å². The Labute approximate surface area is 108 Å². The smallest absolute Gasteiger partial charge is 0.227 e. The monoisotopic (exact) mass is 253 g/mol. The number of carbonyl (C=O) groups excluding carboxylic acids is 2. The molecule has 2 heterocycles. The SMILES string of the molecule is NCCC1CCCN(C(=O)C2CCC(=O)NC2)C1. The molecular weight excluding hydrogens is 230 g/mol. The quantitative estimate of drug-likeness (QED) is 0.749. The molecule has 5 nitrogen and oxygen atoms in total.